The topological polar surface area (TPSA) is 143 Å². The molecule has 1 N–H and O–H groups in total. The Kier molecular flexibility index (Phi) is 7.99. The van der Waals surface area contributed by atoms with Gasteiger partial charge in [-0.15, -0.1) is 15.1 Å². The highest BCUT2D eigenvalue weighted by molar-refractivity contribution is 6.02. The van der Waals surface area contributed by atoms with E-state index in [0.717, 1.165) is 18.2 Å². The molecule has 0 spiro atoms. The third-order valence-electron chi connectivity index (χ3n) is 6.77. The van der Waals surface area contributed by atoms with Gasteiger partial charge in [-0.05, 0) is 37.4 Å². The molecule has 0 radical (unpaired) electrons. The van der Waals surface area contributed by atoms with E-state index >= 15 is 0 Å². The highest BCUT2D eigenvalue weighted by Gasteiger charge is 2.42. The number of carbonyl (C=O) groups is 4. The molecule has 2 aromatic rings. The van der Waals surface area contributed by atoms with E-state index in [0.29, 0.717) is 53.3 Å². The number of amides is 4. The number of pyridine rings is 1. The molecule has 5 rings (SSSR count). The lowest BCUT2D eigenvalue weighted by Gasteiger charge is -2.29. The highest BCUT2D eigenvalue weighted by atomic mass is 17.3. The van der Waals surface area contributed by atoms with E-state index in [4.69, 9.17) is 24.5 Å². The Morgan fingerprint density at radius 1 is 1.08 bits per heavy atom. The average Bonchev–Trinajstić information content (AvgIpc) is 3.36. The van der Waals surface area contributed by atoms with Crippen LogP contribution in [0.4, 0.5) is 10.5 Å². The van der Waals surface area contributed by atoms with E-state index in [2.05, 4.69) is 24.1 Å². The van der Waals surface area contributed by atoms with Crippen molar-refractivity contribution >= 4 is 40.4 Å². The number of rotatable bonds is 8. The van der Waals surface area contributed by atoms with Gasteiger partial charge < -0.3 is 9.74 Å². The van der Waals surface area contributed by atoms with Crippen LogP contribution in [-0.4, -0.2) is 81.3 Å². The van der Waals surface area contributed by atoms with Crippen molar-refractivity contribution in [2.24, 2.45) is 0 Å². The average molecular weight is 543 g/mol. The van der Waals surface area contributed by atoms with Crippen molar-refractivity contribution in [2.45, 2.75) is 52.0 Å². The highest BCUT2D eigenvalue weighted by Crippen LogP contribution is 2.33. The first-order chi connectivity index (χ1) is 18.9. The lowest BCUT2D eigenvalue weighted by Crippen LogP contribution is -2.40. The molecule has 3 aliphatic heterocycles. The number of aromatic nitrogens is 1. The number of hydroxylamine groups is 6. The Morgan fingerprint density at radius 2 is 1.85 bits per heavy atom. The zero-order valence-corrected chi connectivity index (χ0v) is 21.7. The van der Waals surface area contributed by atoms with Gasteiger partial charge in [-0.2, -0.15) is 9.95 Å². The van der Waals surface area contributed by atoms with Crippen molar-refractivity contribution in [3.8, 4) is 0 Å². The van der Waals surface area contributed by atoms with Crippen molar-refractivity contribution in [1.29, 1.82) is 0 Å². The first-order valence-corrected chi connectivity index (χ1v) is 12.9. The van der Waals surface area contributed by atoms with Crippen LogP contribution < -0.4 is 5.32 Å². The number of nitrogens with zero attached hydrogens (tertiary/aromatic N) is 5. The number of nitrogens with one attached hydrogen (secondary N) is 1. The van der Waals surface area contributed by atoms with Gasteiger partial charge in [-0.3, -0.25) is 24.5 Å². The molecule has 0 saturated carbocycles. The summed E-state index contributed by atoms with van der Waals surface area (Å²) in [5.74, 6) is -1.34. The van der Waals surface area contributed by atoms with E-state index in [-0.39, 0.29) is 18.7 Å². The SMILES string of the molecule is CCN(CC)CCN1OC2CCC(=O)N2OOC1c1ccc2cc(NC(=O)ON3C(=O)CCC3=O)ccc2n1. The first-order valence-electron chi connectivity index (χ1n) is 12.9. The molecule has 2 atom stereocenters. The van der Waals surface area contributed by atoms with Crippen molar-refractivity contribution in [3.05, 3.63) is 36.0 Å². The molecule has 39 heavy (non-hydrogen) atoms. The standard InChI is InChI=1S/C25H30N6O8/c1-3-28(4-2)13-14-29-24(38-39-31-22(34)11-12-23(31)36-29)19-7-5-16-15-17(6-8-18(16)27-19)26-25(35)37-30-20(32)9-10-21(30)33/h5-8,15,23-24H,3-4,9-14H2,1-2H3,(H,26,35). The third-order valence-corrected chi connectivity index (χ3v) is 6.77. The number of hydrogen-bond donors (Lipinski definition) is 1. The van der Waals surface area contributed by atoms with E-state index in [1.807, 2.05) is 0 Å². The fraction of sp³-hybridized carbons (Fsp3) is 0.480. The van der Waals surface area contributed by atoms with Crippen molar-refractivity contribution in [1.82, 2.24) is 25.1 Å². The predicted octanol–water partition coefficient (Wildman–Crippen LogP) is 2.25. The molecule has 1 aromatic carbocycles. The number of likely N-dealkylation sites (N-methyl/N-ethyl adjacent to an activating group) is 1. The molecule has 208 valence electrons. The lowest BCUT2D eigenvalue weighted by atomic mass is 10.1. The summed E-state index contributed by atoms with van der Waals surface area (Å²) in [4.78, 5) is 76.8. The number of anilines is 1. The maximum absolute atomic E-state index is 12.2. The van der Waals surface area contributed by atoms with Crippen molar-refractivity contribution in [3.63, 3.8) is 0 Å². The minimum atomic E-state index is -0.956. The zero-order chi connectivity index (χ0) is 27.5. The summed E-state index contributed by atoms with van der Waals surface area (Å²) in [6.07, 6.45) is -1.56. The van der Waals surface area contributed by atoms with Crippen LogP contribution in [0.2, 0.25) is 0 Å². The smallest absolute Gasteiger partial charge is 0.311 e. The number of benzene rings is 1. The molecular weight excluding hydrogens is 512 g/mol. The van der Waals surface area contributed by atoms with Crippen LogP contribution in [0, 0.1) is 0 Å². The molecule has 0 bridgehead atoms. The van der Waals surface area contributed by atoms with E-state index < -0.39 is 30.4 Å². The molecule has 3 saturated heterocycles. The Hall–Kier alpha value is -3.69. The van der Waals surface area contributed by atoms with Crippen LogP contribution >= 0.6 is 0 Å². The minimum absolute atomic E-state index is 0.0127. The normalized spacial score (nSPS) is 22.1. The molecule has 2 unspecified atom stereocenters. The predicted molar refractivity (Wildman–Crippen MR) is 133 cm³/mol. The molecule has 4 heterocycles. The molecular formula is C25H30N6O8. The number of imide groups is 1. The van der Waals surface area contributed by atoms with Crippen LogP contribution in [0.25, 0.3) is 10.9 Å². The van der Waals surface area contributed by atoms with Gasteiger partial charge in [0, 0.05) is 49.8 Å². The second kappa shape index (κ2) is 11.6. The molecule has 0 aliphatic carbocycles. The summed E-state index contributed by atoms with van der Waals surface area (Å²) in [5, 5.41) is 6.46. The third kappa shape index (κ3) is 5.84. The second-order valence-corrected chi connectivity index (χ2v) is 9.24. The maximum Gasteiger partial charge on any atom is 0.436 e. The van der Waals surface area contributed by atoms with Crippen LogP contribution in [-0.2, 0) is 33.9 Å². The molecule has 3 fully saturated rings. The van der Waals surface area contributed by atoms with E-state index in [9.17, 15) is 19.2 Å². The Morgan fingerprint density at radius 3 is 2.59 bits per heavy atom. The molecule has 14 heteroatoms. The summed E-state index contributed by atoms with van der Waals surface area (Å²) >= 11 is 0. The Balaban J connectivity index is 1.32. The number of hydrogen-bond acceptors (Lipinski definition) is 11. The van der Waals surface area contributed by atoms with Crippen molar-refractivity contribution in [2.75, 3.05) is 31.5 Å². The number of fused-ring (bicyclic) bond motifs is 2. The van der Waals surface area contributed by atoms with Gasteiger partial charge in [0.25, 0.3) is 17.7 Å². The Labute approximate surface area is 224 Å². The van der Waals surface area contributed by atoms with E-state index in [1.54, 1.807) is 35.4 Å². The summed E-state index contributed by atoms with van der Waals surface area (Å²) in [6, 6.07) is 8.52. The van der Waals surface area contributed by atoms with Gasteiger partial charge in [0.05, 0.1) is 11.2 Å². The van der Waals surface area contributed by atoms with Crippen molar-refractivity contribution < 1.29 is 38.7 Å². The quantitative estimate of drug-likeness (QED) is 0.387. The van der Waals surface area contributed by atoms with Gasteiger partial charge in [0.15, 0.2) is 6.23 Å². The summed E-state index contributed by atoms with van der Waals surface area (Å²) in [5.41, 5.74) is 1.49. The van der Waals surface area contributed by atoms with Crippen LogP contribution in [0.5, 0.6) is 0 Å². The molecule has 3 aliphatic rings. The first kappa shape index (κ1) is 26.9. The monoisotopic (exact) mass is 542 g/mol. The molecule has 1 aromatic heterocycles. The van der Waals surface area contributed by atoms with Gasteiger partial charge in [0.1, 0.15) is 0 Å². The molecule has 4 amide bonds. The van der Waals surface area contributed by atoms with Gasteiger partial charge in [-0.25, -0.2) is 9.78 Å². The van der Waals surface area contributed by atoms with Crippen LogP contribution in [0.1, 0.15) is 51.5 Å². The van der Waals surface area contributed by atoms with E-state index in [1.165, 1.54) is 0 Å². The van der Waals surface area contributed by atoms with Crippen LogP contribution in [0.15, 0.2) is 30.3 Å². The van der Waals surface area contributed by atoms with Gasteiger partial charge >= 0.3 is 6.09 Å². The fourth-order valence-electron chi connectivity index (χ4n) is 4.55. The summed E-state index contributed by atoms with van der Waals surface area (Å²) < 4.78 is 0. The summed E-state index contributed by atoms with van der Waals surface area (Å²) in [7, 11) is 0. The van der Waals surface area contributed by atoms with Gasteiger partial charge in [-0.1, -0.05) is 19.9 Å². The second-order valence-electron chi connectivity index (χ2n) is 9.24. The number of carbonyl (C=O) groups excluding carboxylic acids is 4. The fourth-order valence-corrected chi connectivity index (χ4v) is 4.55. The largest absolute Gasteiger partial charge is 0.436 e. The minimum Gasteiger partial charge on any atom is -0.311 e. The summed E-state index contributed by atoms with van der Waals surface area (Å²) in [6.45, 7) is 7.12. The molecule has 14 nitrogen and oxygen atoms in total. The maximum atomic E-state index is 12.2. The van der Waals surface area contributed by atoms with Gasteiger partial charge in [0.2, 0.25) is 6.23 Å². The van der Waals surface area contributed by atoms with Crippen LogP contribution in [0.3, 0.4) is 0 Å². The lowest BCUT2D eigenvalue weighted by molar-refractivity contribution is -0.439. The zero-order valence-electron chi connectivity index (χ0n) is 21.7. The Bertz CT molecular complexity index is 1250.